The number of hydrogen-bond donors (Lipinski definition) is 0. The predicted octanol–water partition coefficient (Wildman–Crippen LogP) is 13.2. The van der Waals surface area contributed by atoms with Gasteiger partial charge in [-0.3, -0.25) is 4.57 Å². The summed E-state index contributed by atoms with van der Waals surface area (Å²) in [6.45, 7) is 0. The molecular formula is C50H29N3. The maximum absolute atomic E-state index is 5.56. The van der Waals surface area contributed by atoms with E-state index in [1.165, 1.54) is 65.7 Å². The Balaban J connectivity index is 1.17. The van der Waals surface area contributed by atoms with Gasteiger partial charge in [0, 0.05) is 21.7 Å². The van der Waals surface area contributed by atoms with E-state index < -0.39 is 0 Å². The van der Waals surface area contributed by atoms with Gasteiger partial charge in [-0.25, -0.2) is 9.97 Å². The van der Waals surface area contributed by atoms with E-state index in [0.29, 0.717) is 0 Å². The van der Waals surface area contributed by atoms with Crippen LogP contribution in [0.4, 0.5) is 0 Å². The van der Waals surface area contributed by atoms with Crippen LogP contribution < -0.4 is 0 Å². The molecule has 3 nitrogen and oxygen atoms in total. The molecule has 53 heavy (non-hydrogen) atoms. The smallest absolute Gasteiger partial charge is 0.165 e. The molecule has 0 unspecified atom stereocenters. The van der Waals surface area contributed by atoms with Gasteiger partial charge < -0.3 is 0 Å². The molecule has 0 saturated carbocycles. The van der Waals surface area contributed by atoms with Crippen molar-refractivity contribution in [3.05, 3.63) is 176 Å². The van der Waals surface area contributed by atoms with Crippen LogP contribution in [-0.4, -0.2) is 14.5 Å². The van der Waals surface area contributed by atoms with Gasteiger partial charge in [0.1, 0.15) is 5.69 Å². The fourth-order valence-electron chi connectivity index (χ4n) is 8.88. The molecule has 1 aliphatic rings. The van der Waals surface area contributed by atoms with Gasteiger partial charge in [0.25, 0.3) is 0 Å². The molecule has 12 rings (SSSR count). The van der Waals surface area contributed by atoms with Crippen LogP contribution in [0.15, 0.2) is 176 Å². The lowest BCUT2D eigenvalue weighted by molar-refractivity contribution is 1.08. The average molecular weight is 672 g/mol. The molecule has 0 N–H and O–H groups in total. The first-order valence-corrected chi connectivity index (χ1v) is 18.2. The third kappa shape index (κ3) is 4.05. The molecule has 11 aromatic rings. The Bertz CT molecular complexity index is 3330. The monoisotopic (exact) mass is 671 g/mol. The Morgan fingerprint density at radius 3 is 1.81 bits per heavy atom. The third-order valence-corrected chi connectivity index (χ3v) is 11.3. The summed E-state index contributed by atoms with van der Waals surface area (Å²) >= 11 is 0. The summed E-state index contributed by atoms with van der Waals surface area (Å²) in [4.78, 5) is 11.1. The first kappa shape index (κ1) is 28.6. The van der Waals surface area contributed by atoms with Crippen molar-refractivity contribution in [2.45, 2.75) is 0 Å². The largest absolute Gasteiger partial charge is 0.292 e. The van der Waals surface area contributed by atoms with E-state index in [2.05, 4.69) is 180 Å². The molecule has 2 heterocycles. The van der Waals surface area contributed by atoms with Gasteiger partial charge in [-0.1, -0.05) is 152 Å². The van der Waals surface area contributed by atoms with Crippen molar-refractivity contribution >= 4 is 65.2 Å². The minimum absolute atomic E-state index is 0.828. The number of aromatic nitrogens is 3. The van der Waals surface area contributed by atoms with Crippen molar-refractivity contribution in [1.82, 2.24) is 14.5 Å². The molecule has 2 aromatic heterocycles. The molecule has 0 bridgehead atoms. The minimum atomic E-state index is 0.828. The Labute approximate surface area is 305 Å². The van der Waals surface area contributed by atoms with Crippen LogP contribution in [0.2, 0.25) is 0 Å². The molecular weight excluding hydrogens is 643 g/mol. The Hall–Kier alpha value is -7.10. The van der Waals surface area contributed by atoms with E-state index in [1.807, 2.05) is 0 Å². The molecule has 1 aliphatic carbocycles. The van der Waals surface area contributed by atoms with Gasteiger partial charge in [-0.05, 0) is 84.6 Å². The summed E-state index contributed by atoms with van der Waals surface area (Å²) in [7, 11) is 0. The summed E-state index contributed by atoms with van der Waals surface area (Å²) < 4.78 is 2.37. The Morgan fingerprint density at radius 2 is 0.962 bits per heavy atom. The van der Waals surface area contributed by atoms with E-state index in [9.17, 15) is 0 Å². The second-order valence-corrected chi connectivity index (χ2v) is 14.1. The molecule has 244 valence electrons. The fourth-order valence-corrected chi connectivity index (χ4v) is 8.88. The summed E-state index contributed by atoms with van der Waals surface area (Å²) in [6.07, 6.45) is 0. The number of hydrogen-bond acceptors (Lipinski definition) is 2. The van der Waals surface area contributed by atoms with Crippen LogP contribution in [-0.2, 0) is 0 Å². The second-order valence-electron chi connectivity index (χ2n) is 14.1. The molecule has 0 aliphatic heterocycles. The zero-order chi connectivity index (χ0) is 34.6. The van der Waals surface area contributed by atoms with E-state index >= 15 is 0 Å². The highest BCUT2D eigenvalue weighted by Gasteiger charge is 2.26. The molecule has 3 heteroatoms. The van der Waals surface area contributed by atoms with Gasteiger partial charge in [-0.15, -0.1) is 0 Å². The highest BCUT2D eigenvalue weighted by atomic mass is 15.1. The van der Waals surface area contributed by atoms with Crippen LogP contribution in [0.1, 0.15) is 0 Å². The van der Waals surface area contributed by atoms with Crippen LogP contribution >= 0.6 is 0 Å². The van der Waals surface area contributed by atoms with E-state index in [4.69, 9.17) is 9.97 Å². The summed E-state index contributed by atoms with van der Waals surface area (Å²) in [5.74, 6) is 0.828. The molecule has 0 atom stereocenters. The predicted molar refractivity (Wildman–Crippen MR) is 222 cm³/mol. The SMILES string of the molecule is c1ccc2c(c1)-c1cccc3ccc4c(c13)c1c-2cccc1n4-c1nc2ccc3ccccc3c2nc1-c1ccc(-c2ccc3ccccc3c2)cc1. The Morgan fingerprint density at radius 1 is 0.358 bits per heavy atom. The number of nitrogens with zero attached hydrogens (tertiary/aromatic N) is 3. The molecule has 0 fully saturated rings. The number of benzene rings is 9. The van der Waals surface area contributed by atoms with Gasteiger partial charge in [0.2, 0.25) is 0 Å². The van der Waals surface area contributed by atoms with Gasteiger partial charge in [0.15, 0.2) is 5.82 Å². The lowest BCUT2D eigenvalue weighted by atomic mass is 9.93. The van der Waals surface area contributed by atoms with E-state index in [0.717, 1.165) is 49.9 Å². The van der Waals surface area contributed by atoms with Crippen molar-refractivity contribution < 1.29 is 0 Å². The van der Waals surface area contributed by atoms with Crippen LogP contribution in [0, 0.1) is 0 Å². The van der Waals surface area contributed by atoms with Gasteiger partial charge >= 0.3 is 0 Å². The number of fused-ring (bicyclic) bond motifs is 7. The summed E-state index contributed by atoms with van der Waals surface area (Å²) in [5, 5.41) is 9.77. The highest BCUT2D eigenvalue weighted by molar-refractivity contribution is 6.30. The molecule has 0 amide bonds. The van der Waals surface area contributed by atoms with Gasteiger partial charge in [-0.2, -0.15) is 0 Å². The highest BCUT2D eigenvalue weighted by Crippen LogP contribution is 2.50. The molecule has 9 aromatic carbocycles. The second kappa shape index (κ2) is 10.7. The van der Waals surface area contributed by atoms with Crippen molar-refractivity contribution in [2.24, 2.45) is 0 Å². The lowest BCUT2D eigenvalue weighted by Crippen LogP contribution is -2.04. The normalized spacial score (nSPS) is 12.2. The third-order valence-electron chi connectivity index (χ3n) is 11.3. The Kier molecular flexibility index (Phi) is 5.77. The van der Waals surface area contributed by atoms with Crippen molar-refractivity contribution in [3.63, 3.8) is 0 Å². The van der Waals surface area contributed by atoms with E-state index in [-0.39, 0.29) is 0 Å². The van der Waals surface area contributed by atoms with Crippen molar-refractivity contribution in [2.75, 3.05) is 0 Å². The van der Waals surface area contributed by atoms with Crippen LogP contribution in [0.25, 0.3) is 116 Å². The zero-order valence-electron chi connectivity index (χ0n) is 28.6. The first-order valence-electron chi connectivity index (χ1n) is 18.2. The van der Waals surface area contributed by atoms with E-state index in [1.54, 1.807) is 0 Å². The van der Waals surface area contributed by atoms with Crippen LogP contribution in [0.5, 0.6) is 0 Å². The minimum Gasteiger partial charge on any atom is -0.292 e. The van der Waals surface area contributed by atoms with Crippen molar-refractivity contribution in [1.29, 1.82) is 0 Å². The topological polar surface area (TPSA) is 30.7 Å². The maximum Gasteiger partial charge on any atom is 0.165 e. The summed E-state index contributed by atoms with van der Waals surface area (Å²) in [5.41, 5.74) is 13.3. The standard InChI is InChI=1S/C50H29N3/c1-2-11-35-29-36(24-21-30(35)9-1)31-19-22-34(23-20-31)48-50(51-42-27-25-32-10-3-4-13-37(32)49(42)52-48)53-43-18-8-17-41-39-15-6-5-14-38(39)40-16-7-12-33-26-28-44(53)47(45(33)40)46(41)43/h1-29H. The number of rotatable bonds is 3. The molecule has 0 spiro atoms. The average Bonchev–Trinajstić information content (AvgIpc) is 3.51. The first-order chi connectivity index (χ1) is 26.3. The maximum atomic E-state index is 5.56. The fraction of sp³-hybridized carbons (Fsp3) is 0. The summed E-state index contributed by atoms with van der Waals surface area (Å²) in [6, 6.07) is 63.6. The molecule has 0 saturated heterocycles. The molecule has 0 radical (unpaired) electrons. The van der Waals surface area contributed by atoms with Crippen LogP contribution in [0.3, 0.4) is 0 Å². The lowest BCUT2D eigenvalue weighted by Gasteiger charge is -2.16. The van der Waals surface area contributed by atoms with Crippen molar-refractivity contribution in [3.8, 4) is 50.5 Å². The quantitative estimate of drug-likeness (QED) is 0.175. The zero-order valence-corrected chi connectivity index (χ0v) is 28.6. The van der Waals surface area contributed by atoms with Gasteiger partial charge in [0.05, 0.1) is 22.1 Å².